The van der Waals surface area contributed by atoms with E-state index in [0.29, 0.717) is 31.0 Å². The Balaban J connectivity index is 1.33. The highest BCUT2D eigenvalue weighted by Gasteiger charge is 2.24. The van der Waals surface area contributed by atoms with Crippen LogP contribution in [-0.4, -0.2) is 61.3 Å². The number of aromatic nitrogens is 5. The number of aromatic amines is 1. The van der Waals surface area contributed by atoms with E-state index >= 15 is 0 Å². The molecule has 182 valence electrons. The zero-order valence-corrected chi connectivity index (χ0v) is 20.7. The minimum atomic E-state index is -0.133. The normalized spacial score (nSPS) is 14.6. The molecule has 1 saturated heterocycles. The van der Waals surface area contributed by atoms with E-state index in [1.54, 1.807) is 21.5 Å². The Morgan fingerprint density at radius 2 is 1.83 bits per heavy atom. The molecular formula is C26H31N7O2. The molecule has 4 heterocycles. The summed E-state index contributed by atoms with van der Waals surface area (Å²) in [6, 6.07) is 14.0. The molecule has 1 aliphatic heterocycles. The van der Waals surface area contributed by atoms with Gasteiger partial charge < -0.3 is 9.80 Å². The van der Waals surface area contributed by atoms with Gasteiger partial charge in [0.05, 0.1) is 11.2 Å². The van der Waals surface area contributed by atoms with Gasteiger partial charge in [-0.2, -0.15) is 5.10 Å². The lowest BCUT2D eigenvalue weighted by atomic mass is 9.97. The van der Waals surface area contributed by atoms with Crippen LogP contribution in [0.25, 0.3) is 22.4 Å². The van der Waals surface area contributed by atoms with Gasteiger partial charge in [-0.05, 0) is 35.7 Å². The predicted molar refractivity (Wildman–Crippen MR) is 137 cm³/mol. The number of imidazole rings is 1. The van der Waals surface area contributed by atoms with E-state index in [1.807, 2.05) is 36.2 Å². The number of nitrogens with zero attached hydrogens (tertiary/aromatic N) is 6. The quantitative estimate of drug-likeness (QED) is 0.492. The van der Waals surface area contributed by atoms with Gasteiger partial charge in [-0.25, -0.2) is 9.78 Å². The summed E-state index contributed by atoms with van der Waals surface area (Å²) in [5, 5.41) is 4.24. The number of fused-ring (bicyclic) bond motifs is 1. The van der Waals surface area contributed by atoms with Crippen molar-refractivity contribution in [3.63, 3.8) is 0 Å². The van der Waals surface area contributed by atoms with E-state index < -0.39 is 0 Å². The summed E-state index contributed by atoms with van der Waals surface area (Å²) in [5.74, 6) is -0.0242. The van der Waals surface area contributed by atoms with Crippen LogP contribution in [0.5, 0.6) is 0 Å². The van der Waals surface area contributed by atoms with Crippen molar-refractivity contribution in [2.75, 3.05) is 31.1 Å². The average Bonchev–Trinajstić information content (AvgIpc) is 3.40. The molecular weight excluding hydrogens is 442 g/mol. The predicted octanol–water partition coefficient (Wildman–Crippen LogP) is 3.13. The topological polar surface area (TPSA) is 92.0 Å². The van der Waals surface area contributed by atoms with E-state index in [4.69, 9.17) is 4.98 Å². The molecule has 9 nitrogen and oxygen atoms in total. The first-order chi connectivity index (χ1) is 16.7. The van der Waals surface area contributed by atoms with Gasteiger partial charge in [-0.15, -0.1) is 0 Å². The Morgan fingerprint density at radius 1 is 1.06 bits per heavy atom. The molecule has 1 N–H and O–H groups in total. The Kier molecular flexibility index (Phi) is 5.70. The van der Waals surface area contributed by atoms with E-state index in [-0.39, 0.29) is 17.0 Å². The summed E-state index contributed by atoms with van der Waals surface area (Å²) >= 11 is 0. The Morgan fingerprint density at radius 3 is 2.51 bits per heavy atom. The largest absolute Gasteiger partial charge is 0.368 e. The van der Waals surface area contributed by atoms with Crippen molar-refractivity contribution >= 4 is 22.8 Å². The molecule has 4 aromatic rings. The summed E-state index contributed by atoms with van der Waals surface area (Å²) in [7, 11) is 1.81. The van der Waals surface area contributed by atoms with E-state index in [1.165, 1.54) is 0 Å². The second-order valence-electron chi connectivity index (χ2n) is 10.3. The number of hydrogen-bond donors (Lipinski definition) is 1. The molecule has 0 spiro atoms. The molecule has 1 fully saturated rings. The number of pyridine rings is 1. The molecule has 0 saturated carbocycles. The van der Waals surface area contributed by atoms with Gasteiger partial charge in [-0.1, -0.05) is 32.9 Å². The minimum absolute atomic E-state index is 0.0157. The number of nitrogens with one attached hydrogen (secondary N) is 1. The number of H-pyrrole nitrogens is 1. The first-order valence-electron chi connectivity index (χ1n) is 11.9. The monoisotopic (exact) mass is 473 g/mol. The van der Waals surface area contributed by atoms with Gasteiger partial charge in [-0.3, -0.25) is 19.0 Å². The number of carbonyl (C=O) groups is 1. The Hall–Kier alpha value is -3.88. The van der Waals surface area contributed by atoms with Gasteiger partial charge in [0.15, 0.2) is 5.65 Å². The zero-order chi connectivity index (χ0) is 24.7. The maximum atomic E-state index is 12.7. The zero-order valence-electron chi connectivity index (χ0n) is 20.7. The molecule has 1 amide bonds. The summed E-state index contributed by atoms with van der Waals surface area (Å²) in [4.78, 5) is 37.0. The molecule has 0 radical (unpaired) electrons. The minimum Gasteiger partial charge on any atom is -0.368 e. The molecule has 0 unspecified atom stereocenters. The maximum Gasteiger partial charge on any atom is 0.327 e. The summed E-state index contributed by atoms with van der Waals surface area (Å²) in [6.45, 7) is 9.74. The van der Waals surface area contributed by atoms with Gasteiger partial charge >= 0.3 is 5.69 Å². The van der Waals surface area contributed by atoms with Crippen LogP contribution in [0.2, 0.25) is 0 Å². The van der Waals surface area contributed by atoms with E-state index in [0.717, 1.165) is 35.6 Å². The Bertz CT molecular complexity index is 1430. The van der Waals surface area contributed by atoms with Crippen LogP contribution in [0.1, 0.15) is 31.3 Å². The fraction of sp³-hybridized carbons (Fsp3) is 0.385. The van der Waals surface area contributed by atoms with Crippen molar-refractivity contribution in [2.24, 2.45) is 12.5 Å². The van der Waals surface area contributed by atoms with E-state index in [2.05, 4.69) is 47.9 Å². The van der Waals surface area contributed by atoms with Gasteiger partial charge in [0.2, 0.25) is 0 Å². The maximum absolute atomic E-state index is 12.7. The highest BCUT2D eigenvalue weighted by atomic mass is 16.2. The second kappa shape index (κ2) is 8.72. The number of benzene rings is 1. The number of hydrogen-bond acceptors (Lipinski definition) is 5. The first kappa shape index (κ1) is 22.9. The number of anilines is 1. The third-order valence-corrected chi connectivity index (χ3v) is 6.27. The number of carbonyl (C=O) groups excluding carboxylic acids is 1. The third kappa shape index (κ3) is 4.71. The standard InChI is InChI=1S/C26H31N7O2/c1-26(2,3)17-33-22-9-8-20(27-23(22)28-25(33)35)18-6-5-7-19(16-18)31-12-14-32(15-13-31)24(34)21-10-11-30(4)29-21/h5-11,16H,12-15,17H2,1-4H3,(H,27,28,35). The van der Waals surface area contributed by atoms with Gasteiger partial charge in [0.1, 0.15) is 5.69 Å². The lowest BCUT2D eigenvalue weighted by Gasteiger charge is -2.36. The van der Waals surface area contributed by atoms with Gasteiger partial charge in [0, 0.05) is 57.2 Å². The third-order valence-electron chi connectivity index (χ3n) is 6.27. The van der Waals surface area contributed by atoms with Crippen molar-refractivity contribution < 1.29 is 4.79 Å². The van der Waals surface area contributed by atoms with Crippen molar-refractivity contribution in [2.45, 2.75) is 27.3 Å². The fourth-order valence-electron chi connectivity index (χ4n) is 4.55. The summed E-state index contributed by atoms with van der Waals surface area (Å²) in [6.07, 6.45) is 1.79. The molecule has 5 rings (SSSR count). The summed E-state index contributed by atoms with van der Waals surface area (Å²) < 4.78 is 3.41. The molecule has 0 atom stereocenters. The van der Waals surface area contributed by atoms with Crippen molar-refractivity contribution in [3.05, 3.63) is 64.8 Å². The van der Waals surface area contributed by atoms with Crippen LogP contribution in [0.3, 0.4) is 0 Å². The van der Waals surface area contributed by atoms with Crippen LogP contribution in [0.15, 0.2) is 53.5 Å². The smallest absolute Gasteiger partial charge is 0.327 e. The van der Waals surface area contributed by atoms with Crippen LogP contribution in [0.4, 0.5) is 5.69 Å². The van der Waals surface area contributed by atoms with Crippen molar-refractivity contribution in [1.82, 2.24) is 29.2 Å². The van der Waals surface area contributed by atoms with Crippen LogP contribution >= 0.6 is 0 Å². The molecule has 35 heavy (non-hydrogen) atoms. The fourth-order valence-corrected chi connectivity index (χ4v) is 4.55. The molecule has 0 aliphatic carbocycles. The lowest BCUT2D eigenvalue weighted by molar-refractivity contribution is 0.0740. The van der Waals surface area contributed by atoms with E-state index in [9.17, 15) is 9.59 Å². The molecule has 1 aromatic carbocycles. The number of amides is 1. The molecule has 1 aliphatic rings. The Labute approximate surface area is 204 Å². The van der Waals surface area contributed by atoms with Crippen molar-refractivity contribution in [3.8, 4) is 11.3 Å². The number of rotatable bonds is 4. The molecule has 0 bridgehead atoms. The number of piperazine rings is 1. The van der Waals surface area contributed by atoms with Crippen LogP contribution < -0.4 is 10.6 Å². The first-order valence-corrected chi connectivity index (χ1v) is 11.9. The molecule has 9 heteroatoms. The highest BCUT2D eigenvalue weighted by molar-refractivity contribution is 5.92. The average molecular weight is 474 g/mol. The number of aryl methyl sites for hydroxylation is 1. The highest BCUT2D eigenvalue weighted by Crippen LogP contribution is 2.26. The van der Waals surface area contributed by atoms with Crippen LogP contribution in [-0.2, 0) is 13.6 Å². The summed E-state index contributed by atoms with van der Waals surface area (Å²) in [5.41, 5.74) is 4.65. The lowest BCUT2D eigenvalue weighted by Crippen LogP contribution is -2.48. The van der Waals surface area contributed by atoms with Crippen LogP contribution in [0, 0.1) is 5.41 Å². The molecule has 3 aromatic heterocycles. The SMILES string of the molecule is Cn1ccc(C(=O)N2CCN(c3cccc(-c4ccc5c(n4)[nH]c(=O)n5CC(C)(C)C)c3)CC2)n1. The van der Waals surface area contributed by atoms with Gasteiger partial charge in [0.25, 0.3) is 5.91 Å². The second-order valence-corrected chi connectivity index (χ2v) is 10.3. The van der Waals surface area contributed by atoms with Crippen molar-refractivity contribution in [1.29, 1.82) is 0 Å².